The minimum Gasteiger partial charge on any atom is -0.493 e. The highest BCUT2D eigenvalue weighted by Crippen LogP contribution is 2.18. The van der Waals surface area contributed by atoms with Crippen LogP contribution >= 0.6 is 11.3 Å². The van der Waals surface area contributed by atoms with Crippen LogP contribution in [-0.4, -0.2) is 20.8 Å². The standard InChI is InChI=1S/C12H13NO3S2/c13-10-3-5-11(6-4-10)16-7-9-18(14,15)12-2-1-8-17-12/h1-6,8H,7,9,13H2. The Hall–Kier alpha value is -1.53. The summed E-state index contributed by atoms with van der Waals surface area (Å²) in [5.41, 5.74) is 6.19. The molecular formula is C12H13NO3S2. The van der Waals surface area contributed by atoms with E-state index in [4.69, 9.17) is 10.5 Å². The minimum absolute atomic E-state index is 0.0299. The van der Waals surface area contributed by atoms with E-state index in [2.05, 4.69) is 0 Å². The summed E-state index contributed by atoms with van der Waals surface area (Å²) in [5, 5.41) is 1.74. The molecule has 0 radical (unpaired) electrons. The van der Waals surface area contributed by atoms with Crippen molar-refractivity contribution < 1.29 is 13.2 Å². The van der Waals surface area contributed by atoms with Crippen LogP contribution in [0.15, 0.2) is 46.0 Å². The van der Waals surface area contributed by atoms with Gasteiger partial charge in [-0.25, -0.2) is 8.42 Å². The Morgan fingerprint density at radius 1 is 1.17 bits per heavy atom. The van der Waals surface area contributed by atoms with Gasteiger partial charge in [-0.05, 0) is 35.7 Å². The highest BCUT2D eigenvalue weighted by molar-refractivity contribution is 7.93. The van der Waals surface area contributed by atoms with E-state index in [0.29, 0.717) is 15.6 Å². The predicted molar refractivity (Wildman–Crippen MR) is 72.7 cm³/mol. The molecule has 1 aromatic heterocycles. The van der Waals surface area contributed by atoms with Crippen LogP contribution in [0, 0.1) is 0 Å². The maximum atomic E-state index is 11.8. The van der Waals surface area contributed by atoms with Crippen LogP contribution in [0.25, 0.3) is 0 Å². The zero-order valence-electron chi connectivity index (χ0n) is 9.57. The van der Waals surface area contributed by atoms with E-state index in [1.54, 1.807) is 41.8 Å². The third-order valence-corrected chi connectivity index (χ3v) is 5.47. The molecule has 1 aromatic carbocycles. The fourth-order valence-electron chi connectivity index (χ4n) is 1.37. The lowest BCUT2D eigenvalue weighted by molar-refractivity contribution is 0.341. The molecule has 2 rings (SSSR count). The molecule has 0 fully saturated rings. The van der Waals surface area contributed by atoms with E-state index in [9.17, 15) is 8.42 Å². The average molecular weight is 283 g/mol. The topological polar surface area (TPSA) is 69.4 Å². The molecule has 0 aliphatic rings. The van der Waals surface area contributed by atoms with Gasteiger partial charge in [0.25, 0.3) is 0 Å². The average Bonchev–Trinajstić information content (AvgIpc) is 2.86. The van der Waals surface area contributed by atoms with Crippen LogP contribution < -0.4 is 10.5 Å². The molecule has 0 saturated heterocycles. The molecule has 0 unspecified atom stereocenters. The van der Waals surface area contributed by atoms with Gasteiger partial charge in [0.2, 0.25) is 0 Å². The van der Waals surface area contributed by atoms with Gasteiger partial charge < -0.3 is 10.5 Å². The van der Waals surface area contributed by atoms with Crippen molar-refractivity contribution in [3.05, 3.63) is 41.8 Å². The highest BCUT2D eigenvalue weighted by Gasteiger charge is 2.15. The van der Waals surface area contributed by atoms with Crippen molar-refractivity contribution in [1.29, 1.82) is 0 Å². The smallest absolute Gasteiger partial charge is 0.191 e. The second-order valence-electron chi connectivity index (χ2n) is 3.67. The highest BCUT2D eigenvalue weighted by atomic mass is 32.2. The van der Waals surface area contributed by atoms with Gasteiger partial charge in [0.15, 0.2) is 9.84 Å². The molecule has 0 saturated carbocycles. The third-order valence-electron chi connectivity index (χ3n) is 2.30. The number of anilines is 1. The lowest BCUT2D eigenvalue weighted by Gasteiger charge is -2.06. The number of benzene rings is 1. The zero-order chi connectivity index (χ0) is 13.0. The molecule has 96 valence electrons. The summed E-state index contributed by atoms with van der Waals surface area (Å²) in [7, 11) is -3.23. The maximum absolute atomic E-state index is 11.8. The van der Waals surface area contributed by atoms with Crippen molar-refractivity contribution in [2.75, 3.05) is 18.1 Å². The quantitative estimate of drug-likeness (QED) is 0.854. The van der Waals surface area contributed by atoms with Crippen LogP contribution in [0.5, 0.6) is 5.75 Å². The van der Waals surface area contributed by atoms with Crippen molar-refractivity contribution in [3.63, 3.8) is 0 Å². The summed E-state index contributed by atoms with van der Waals surface area (Å²) in [5.74, 6) is 0.586. The Morgan fingerprint density at radius 2 is 1.89 bits per heavy atom. The van der Waals surface area contributed by atoms with E-state index in [0.717, 1.165) is 0 Å². The third kappa shape index (κ3) is 3.24. The summed E-state index contributed by atoms with van der Waals surface area (Å²) in [6, 6.07) is 10.2. The molecule has 6 heteroatoms. The molecule has 0 aliphatic heterocycles. The first-order valence-corrected chi connectivity index (χ1v) is 7.86. The Balaban J connectivity index is 1.91. The van der Waals surface area contributed by atoms with Crippen molar-refractivity contribution in [2.24, 2.45) is 0 Å². The monoisotopic (exact) mass is 283 g/mol. The molecule has 2 aromatic rings. The van der Waals surface area contributed by atoms with Crippen LogP contribution in [-0.2, 0) is 9.84 Å². The number of ether oxygens (including phenoxy) is 1. The number of rotatable bonds is 5. The Kier molecular flexibility index (Phi) is 3.88. The van der Waals surface area contributed by atoms with E-state index < -0.39 is 9.84 Å². The van der Waals surface area contributed by atoms with Crippen LogP contribution in [0.3, 0.4) is 0 Å². The zero-order valence-corrected chi connectivity index (χ0v) is 11.2. The number of nitrogens with two attached hydrogens (primary N) is 1. The summed E-state index contributed by atoms with van der Waals surface area (Å²) in [6.07, 6.45) is 0. The Labute approximate surface area is 110 Å². The van der Waals surface area contributed by atoms with Gasteiger partial charge in [0.05, 0.1) is 5.75 Å². The molecule has 4 nitrogen and oxygen atoms in total. The van der Waals surface area contributed by atoms with Crippen molar-refractivity contribution in [1.82, 2.24) is 0 Å². The molecular weight excluding hydrogens is 270 g/mol. The van der Waals surface area contributed by atoms with Crippen molar-refractivity contribution in [2.45, 2.75) is 4.21 Å². The molecule has 1 heterocycles. The first-order chi connectivity index (χ1) is 8.58. The van der Waals surface area contributed by atoms with E-state index in [-0.39, 0.29) is 12.4 Å². The first kappa shape index (κ1) is 12.9. The second kappa shape index (κ2) is 5.41. The molecule has 18 heavy (non-hydrogen) atoms. The number of hydrogen-bond acceptors (Lipinski definition) is 5. The largest absolute Gasteiger partial charge is 0.493 e. The summed E-state index contributed by atoms with van der Waals surface area (Å²) in [4.78, 5) is 0. The fourth-order valence-corrected chi connectivity index (χ4v) is 3.62. The van der Waals surface area contributed by atoms with Crippen LogP contribution in [0.2, 0.25) is 0 Å². The van der Waals surface area contributed by atoms with E-state index >= 15 is 0 Å². The van der Waals surface area contributed by atoms with Gasteiger partial charge in [-0.3, -0.25) is 0 Å². The molecule has 2 N–H and O–H groups in total. The number of hydrogen-bond donors (Lipinski definition) is 1. The van der Waals surface area contributed by atoms with Crippen LogP contribution in [0.1, 0.15) is 0 Å². The number of sulfone groups is 1. The van der Waals surface area contributed by atoms with Crippen molar-refractivity contribution in [3.8, 4) is 5.75 Å². The van der Waals surface area contributed by atoms with E-state index in [1.165, 1.54) is 11.3 Å². The molecule has 0 amide bonds. The van der Waals surface area contributed by atoms with Crippen LogP contribution in [0.4, 0.5) is 5.69 Å². The molecule has 0 atom stereocenters. The summed E-state index contributed by atoms with van der Waals surface area (Å²) in [6.45, 7) is 0.129. The molecule has 0 aliphatic carbocycles. The minimum atomic E-state index is -3.23. The number of nitrogen functional groups attached to an aromatic ring is 1. The summed E-state index contributed by atoms with van der Waals surface area (Å²) >= 11 is 1.22. The van der Waals surface area contributed by atoms with Gasteiger partial charge in [-0.15, -0.1) is 11.3 Å². The van der Waals surface area contributed by atoms with Gasteiger partial charge in [-0.2, -0.15) is 0 Å². The van der Waals surface area contributed by atoms with Gasteiger partial charge >= 0.3 is 0 Å². The first-order valence-electron chi connectivity index (χ1n) is 5.32. The molecule has 0 bridgehead atoms. The number of thiophene rings is 1. The second-order valence-corrected chi connectivity index (χ2v) is 6.95. The lowest BCUT2D eigenvalue weighted by Crippen LogP contribution is -2.13. The SMILES string of the molecule is Nc1ccc(OCCS(=O)(=O)c2cccs2)cc1. The summed E-state index contributed by atoms with van der Waals surface area (Å²) < 4.78 is 29.4. The molecule has 0 spiro atoms. The van der Waals surface area contributed by atoms with E-state index in [1.807, 2.05) is 0 Å². The fraction of sp³-hybridized carbons (Fsp3) is 0.167. The van der Waals surface area contributed by atoms with Gasteiger partial charge in [0.1, 0.15) is 16.6 Å². The Morgan fingerprint density at radius 3 is 2.50 bits per heavy atom. The lowest BCUT2D eigenvalue weighted by atomic mass is 10.3. The van der Waals surface area contributed by atoms with Crippen molar-refractivity contribution >= 4 is 26.9 Å². The van der Waals surface area contributed by atoms with Gasteiger partial charge in [0, 0.05) is 5.69 Å². The van der Waals surface area contributed by atoms with Gasteiger partial charge in [-0.1, -0.05) is 6.07 Å². The predicted octanol–water partition coefficient (Wildman–Crippen LogP) is 2.18. The Bertz CT molecular complexity index is 589. The normalized spacial score (nSPS) is 11.3. The maximum Gasteiger partial charge on any atom is 0.191 e.